The van der Waals surface area contributed by atoms with Gasteiger partial charge in [0.1, 0.15) is 6.61 Å². The molecule has 7 rings (SSSR count). The zero-order valence-corrected chi connectivity index (χ0v) is 23.5. The highest BCUT2D eigenvalue weighted by Gasteiger charge is 2.41. The number of benzene rings is 2. The Morgan fingerprint density at radius 3 is 2.14 bits per heavy atom. The van der Waals surface area contributed by atoms with Gasteiger partial charge >= 0.3 is 12.0 Å². The minimum atomic E-state index is -0.426. The number of aliphatic hydroxyl groups excluding tert-OH is 2. The number of urea groups is 1. The van der Waals surface area contributed by atoms with Crippen molar-refractivity contribution in [1.82, 2.24) is 15.0 Å². The van der Waals surface area contributed by atoms with Gasteiger partial charge in [-0.2, -0.15) is 15.0 Å². The minimum absolute atomic E-state index is 0.0601. The third-order valence-electron chi connectivity index (χ3n) is 8.70. The molecule has 4 atom stereocenters. The molecule has 43 heavy (non-hydrogen) atoms. The number of amides is 2. The molecule has 3 aromatic rings. The van der Waals surface area contributed by atoms with Crippen LogP contribution in [0.3, 0.4) is 0 Å². The fourth-order valence-electron chi connectivity index (χ4n) is 6.52. The molecule has 13 nitrogen and oxygen atoms in total. The van der Waals surface area contributed by atoms with Crippen molar-refractivity contribution in [3.63, 3.8) is 0 Å². The summed E-state index contributed by atoms with van der Waals surface area (Å²) in [5.74, 6) is 1.11. The van der Waals surface area contributed by atoms with Crippen molar-refractivity contribution >= 4 is 35.3 Å². The van der Waals surface area contributed by atoms with Crippen LogP contribution in [0, 0.1) is 0 Å². The highest BCUT2D eigenvalue weighted by Crippen LogP contribution is 2.36. The summed E-state index contributed by atoms with van der Waals surface area (Å²) in [5.41, 5.74) is 3.11. The van der Waals surface area contributed by atoms with Gasteiger partial charge in [0.2, 0.25) is 11.9 Å². The number of anilines is 4. The first kappa shape index (κ1) is 27.5. The van der Waals surface area contributed by atoms with E-state index in [1.807, 2.05) is 17.0 Å². The Hall–Kier alpha value is -4.33. The van der Waals surface area contributed by atoms with Gasteiger partial charge in [-0.3, -0.25) is 0 Å². The number of carbonyl (C=O) groups excluding carboxylic acids is 2. The molecule has 2 amide bonds. The zero-order chi connectivity index (χ0) is 29.5. The Labute approximate surface area is 247 Å². The van der Waals surface area contributed by atoms with E-state index < -0.39 is 6.03 Å². The van der Waals surface area contributed by atoms with Crippen LogP contribution < -0.4 is 20.4 Å². The van der Waals surface area contributed by atoms with Gasteiger partial charge in [-0.1, -0.05) is 0 Å². The first-order chi connectivity index (χ1) is 21.0. The summed E-state index contributed by atoms with van der Waals surface area (Å²) in [6, 6.07) is 11.8. The molecule has 4 aliphatic heterocycles. The molecule has 1 aromatic heterocycles. The Balaban J connectivity index is 1.14. The largest absolute Gasteiger partial charge is 0.457 e. The smallest absolute Gasteiger partial charge is 0.338 e. The second-order valence-corrected chi connectivity index (χ2v) is 11.4. The van der Waals surface area contributed by atoms with Crippen molar-refractivity contribution in [2.45, 2.75) is 56.5 Å². The second kappa shape index (κ2) is 11.4. The maximum Gasteiger partial charge on any atom is 0.338 e. The monoisotopic (exact) mass is 587 g/mol. The van der Waals surface area contributed by atoms with Crippen molar-refractivity contribution in [2.75, 3.05) is 46.9 Å². The molecule has 5 heterocycles. The van der Waals surface area contributed by atoms with E-state index in [4.69, 9.17) is 24.4 Å². The Kier molecular flexibility index (Phi) is 7.29. The van der Waals surface area contributed by atoms with Crippen molar-refractivity contribution in [2.24, 2.45) is 0 Å². The van der Waals surface area contributed by atoms with Crippen LogP contribution >= 0.6 is 0 Å². The average molecular weight is 588 g/mol. The number of carbonyl (C=O) groups is 2. The zero-order valence-electron chi connectivity index (χ0n) is 23.5. The number of nitrogens with zero attached hydrogens (tertiary/aromatic N) is 5. The number of hydrogen-bond acceptors (Lipinski definition) is 11. The summed E-state index contributed by atoms with van der Waals surface area (Å²) in [5, 5.41) is 25.8. The van der Waals surface area contributed by atoms with Crippen LogP contribution in [0.2, 0.25) is 0 Å². The highest BCUT2D eigenvalue weighted by molar-refractivity contribution is 6.01. The van der Waals surface area contributed by atoms with E-state index in [9.17, 15) is 19.8 Å². The summed E-state index contributed by atoms with van der Waals surface area (Å²) in [6.07, 6.45) is 3.48. The number of cyclic esters (lactones) is 1. The molecule has 4 N–H and O–H groups in total. The second-order valence-electron chi connectivity index (χ2n) is 11.4. The van der Waals surface area contributed by atoms with Crippen LogP contribution in [0.25, 0.3) is 11.4 Å². The maximum atomic E-state index is 12.7. The average Bonchev–Trinajstić information content (AvgIpc) is 3.69. The van der Waals surface area contributed by atoms with E-state index in [0.717, 1.165) is 36.8 Å². The van der Waals surface area contributed by atoms with Crippen molar-refractivity contribution < 1.29 is 29.3 Å². The molecule has 13 heteroatoms. The topological polar surface area (TPSA) is 162 Å². The molecule has 2 aromatic carbocycles. The van der Waals surface area contributed by atoms with Crippen molar-refractivity contribution in [3.05, 3.63) is 53.6 Å². The summed E-state index contributed by atoms with van der Waals surface area (Å²) in [7, 11) is 0. The normalized spacial score (nSPS) is 24.2. The van der Waals surface area contributed by atoms with Gasteiger partial charge in [0.15, 0.2) is 5.82 Å². The molecule has 3 saturated heterocycles. The summed E-state index contributed by atoms with van der Waals surface area (Å²) in [4.78, 5) is 43.1. The van der Waals surface area contributed by atoms with Crippen molar-refractivity contribution in [1.29, 1.82) is 0 Å². The fraction of sp³-hybridized carbons (Fsp3) is 0.433. The van der Waals surface area contributed by atoms with E-state index in [2.05, 4.69) is 15.5 Å². The van der Waals surface area contributed by atoms with Gasteiger partial charge in [0.05, 0.1) is 56.2 Å². The maximum absolute atomic E-state index is 12.7. The first-order valence-electron chi connectivity index (χ1n) is 14.6. The molecule has 3 fully saturated rings. The SMILES string of the molecule is O=C(Nc1ccc(-c2nc(N3[C@H](CO)CC[C@@H]3CO)nc(N3[C@@H]4CC[C@H]3COC4)n2)cc1)Nc1ccc2c(c1)COC2=O. The number of rotatable bonds is 7. The molecule has 224 valence electrons. The lowest BCUT2D eigenvalue weighted by Gasteiger charge is -2.36. The van der Waals surface area contributed by atoms with Crippen LogP contribution in [-0.2, 0) is 16.1 Å². The lowest BCUT2D eigenvalue weighted by molar-refractivity contribution is 0.0535. The van der Waals surface area contributed by atoms with Gasteiger partial charge in [-0.05, 0) is 68.1 Å². The predicted octanol–water partition coefficient (Wildman–Crippen LogP) is 2.54. The van der Waals surface area contributed by atoms with E-state index >= 15 is 0 Å². The number of morpholine rings is 1. The Morgan fingerprint density at radius 1 is 0.837 bits per heavy atom. The molecule has 0 unspecified atom stereocenters. The number of fused-ring (bicyclic) bond motifs is 3. The number of hydrogen-bond donors (Lipinski definition) is 4. The predicted molar refractivity (Wildman–Crippen MR) is 157 cm³/mol. The van der Waals surface area contributed by atoms with Gasteiger partial charge in [0.25, 0.3) is 0 Å². The first-order valence-corrected chi connectivity index (χ1v) is 14.6. The summed E-state index contributed by atoms with van der Waals surface area (Å²) < 4.78 is 10.8. The lowest BCUT2D eigenvalue weighted by atomic mass is 10.1. The van der Waals surface area contributed by atoms with Crippen molar-refractivity contribution in [3.8, 4) is 11.4 Å². The number of nitrogens with one attached hydrogen (secondary N) is 2. The molecular weight excluding hydrogens is 554 g/mol. The number of esters is 1. The molecule has 0 spiro atoms. The summed E-state index contributed by atoms with van der Waals surface area (Å²) in [6.45, 7) is 1.31. The van der Waals surface area contributed by atoms with E-state index in [1.54, 1.807) is 30.3 Å². The van der Waals surface area contributed by atoms with E-state index in [-0.39, 0.29) is 50.0 Å². The summed E-state index contributed by atoms with van der Waals surface area (Å²) >= 11 is 0. The third-order valence-corrected chi connectivity index (χ3v) is 8.70. The van der Waals surface area contributed by atoms with Crippen LogP contribution in [0.15, 0.2) is 42.5 Å². The lowest BCUT2D eigenvalue weighted by Crippen LogP contribution is -2.47. The number of aliphatic hydroxyl groups is 2. The van der Waals surface area contributed by atoms with Crippen LogP contribution in [0.4, 0.5) is 28.1 Å². The van der Waals surface area contributed by atoms with Gasteiger partial charge in [0, 0.05) is 22.5 Å². The highest BCUT2D eigenvalue weighted by atomic mass is 16.5. The van der Waals surface area contributed by atoms with Gasteiger partial charge in [-0.25, -0.2) is 9.59 Å². The number of aromatic nitrogens is 3. The molecule has 4 aliphatic rings. The van der Waals surface area contributed by atoms with Crippen LogP contribution in [0.1, 0.15) is 41.6 Å². The van der Waals surface area contributed by atoms with E-state index in [1.165, 1.54) is 0 Å². The van der Waals surface area contributed by atoms with Crippen LogP contribution in [0.5, 0.6) is 0 Å². The Bertz CT molecular complexity index is 1510. The molecule has 0 aliphatic carbocycles. The fourth-order valence-corrected chi connectivity index (χ4v) is 6.52. The third kappa shape index (κ3) is 5.24. The molecular formula is C30H33N7O6. The molecule has 2 bridgehead atoms. The molecule has 0 saturated carbocycles. The van der Waals surface area contributed by atoms with E-state index in [0.29, 0.717) is 47.9 Å². The number of ether oxygens (including phenoxy) is 2. The quantitative estimate of drug-likeness (QED) is 0.301. The van der Waals surface area contributed by atoms with Gasteiger partial charge < -0.3 is 40.1 Å². The Morgan fingerprint density at radius 2 is 1.47 bits per heavy atom. The minimum Gasteiger partial charge on any atom is -0.457 e. The van der Waals surface area contributed by atoms with Gasteiger partial charge in [-0.15, -0.1) is 0 Å². The van der Waals surface area contributed by atoms with Crippen LogP contribution in [-0.4, -0.2) is 87.8 Å². The molecule has 0 radical (unpaired) electrons. The standard InChI is InChI=1S/C30H33N7O6/c38-12-21-6-7-22(13-39)36(21)28-33-26(34-29(35-28)37-23-8-9-24(37)16-42-15-23)17-1-3-19(4-2-17)31-30(41)32-20-5-10-25-18(11-20)14-43-27(25)40/h1-5,10-11,21-24,38-39H,6-9,12-16H2,(H2,31,32,41)/t21-,22+,23-,24+.